The van der Waals surface area contributed by atoms with Gasteiger partial charge in [0.2, 0.25) is 10.0 Å². The zero-order chi connectivity index (χ0) is 14.5. The third-order valence-corrected chi connectivity index (χ3v) is 6.73. The number of halogens is 3. The Morgan fingerprint density at radius 3 is 2.62 bits per heavy atom. The Morgan fingerprint density at radius 2 is 2.00 bits per heavy atom. The number of hydrogen-bond acceptors (Lipinski definition) is 3. The minimum atomic E-state index is -3.89. The molecule has 118 valence electrons. The molecular weight excluding hydrogens is 338 g/mol. The van der Waals surface area contributed by atoms with Gasteiger partial charge in [0.1, 0.15) is 10.7 Å². The summed E-state index contributed by atoms with van der Waals surface area (Å²) in [6.07, 6.45) is 1.87. The Labute approximate surface area is 134 Å². The van der Waals surface area contributed by atoms with Crippen LogP contribution in [0, 0.1) is 17.7 Å². The Morgan fingerprint density at radius 1 is 1.29 bits per heavy atom. The summed E-state index contributed by atoms with van der Waals surface area (Å²) in [5.41, 5.74) is 6.00. The lowest BCUT2D eigenvalue weighted by atomic mass is 9.98. The zero-order valence-electron chi connectivity index (χ0n) is 11.2. The van der Waals surface area contributed by atoms with Crippen molar-refractivity contribution in [1.82, 2.24) is 4.31 Å². The third kappa shape index (κ3) is 2.80. The van der Waals surface area contributed by atoms with E-state index in [0.29, 0.717) is 13.1 Å². The number of fused-ring (bicyclic) bond motifs is 1. The molecule has 0 amide bonds. The average molecular weight is 355 g/mol. The summed E-state index contributed by atoms with van der Waals surface area (Å²) in [5, 5.41) is -0.0774. The van der Waals surface area contributed by atoms with E-state index in [1.54, 1.807) is 0 Å². The normalized spacial score (nSPS) is 29.2. The first-order valence-corrected chi connectivity index (χ1v) is 8.43. The second-order valence-corrected chi connectivity index (χ2v) is 7.82. The van der Waals surface area contributed by atoms with Gasteiger partial charge >= 0.3 is 0 Å². The Bertz CT molecular complexity index is 621. The van der Waals surface area contributed by atoms with Crippen molar-refractivity contribution in [3.63, 3.8) is 0 Å². The summed E-state index contributed by atoms with van der Waals surface area (Å²) in [5.74, 6) is -0.348. The van der Waals surface area contributed by atoms with Crippen molar-refractivity contribution < 1.29 is 12.8 Å². The fraction of sp³-hybridized carbons (Fsp3) is 0.538. The molecule has 1 aliphatic heterocycles. The van der Waals surface area contributed by atoms with E-state index in [4.69, 9.17) is 17.3 Å². The molecule has 1 saturated heterocycles. The van der Waals surface area contributed by atoms with Crippen LogP contribution < -0.4 is 5.73 Å². The molecule has 1 heterocycles. The molecule has 8 heteroatoms. The monoisotopic (exact) mass is 354 g/mol. The van der Waals surface area contributed by atoms with Gasteiger partial charge < -0.3 is 5.73 Å². The number of benzene rings is 1. The minimum absolute atomic E-state index is 0. The minimum Gasteiger partial charge on any atom is -0.327 e. The van der Waals surface area contributed by atoms with Crippen LogP contribution in [-0.4, -0.2) is 31.9 Å². The molecular formula is C13H17Cl2FN2O2S. The lowest BCUT2D eigenvalue weighted by Gasteiger charge is -2.19. The van der Waals surface area contributed by atoms with Crippen LogP contribution in [0.15, 0.2) is 23.1 Å². The molecule has 1 aromatic rings. The van der Waals surface area contributed by atoms with Crippen LogP contribution in [0.25, 0.3) is 0 Å². The van der Waals surface area contributed by atoms with Gasteiger partial charge in [0.05, 0.1) is 5.02 Å². The smallest absolute Gasteiger partial charge is 0.247 e. The quantitative estimate of drug-likeness (QED) is 0.885. The van der Waals surface area contributed by atoms with Crippen molar-refractivity contribution in [2.45, 2.75) is 23.8 Å². The molecule has 21 heavy (non-hydrogen) atoms. The van der Waals surface area contributed by atoms with Gasteiger partial charge in [-0.1, -0.05) is 17.7 Å². The summed E-state index contributed by atoms with van der Waals surface area (Å²) in [4.78, 5) is -0.421. The zero-order valence-corrected chi connectivity index (χ0v) is 13.6. The predicted molar refractivity (Wildman–Crippen MR) is 81.6 cm³/mol. The maximum Gasteiger partial charge on any atom is 0.247 e. The standard InChI is InChI=1S/C13H16ClFN2O2S.ClH/c14-10-2-1-3-11(15)13(10)20(18,19)17-6-8-4-5-12(16)9(8)7-17;/h1-3,8-9,12H,4-7,16H2;1H. The molecule has 0 bridgehead atoms. The van der Waals surface area contributed by atoms with E-state index in [2.05, 4.69) is 0 Å². The summed E-state index contributed by atoms with van der Waals surface area (Å²) < 4.78 is 40.3. The van der Waals surface area contributed by atoms with Gasteiger partial charge in [-0.3, -0.25) is 0 Å². The number of rotatable bonds is 2. The molecule has 3 atom stereocenters. The van der Waals surface area contributed by atoms with E-state index >= 15 is 0 Å². The summed E-state index contributed by atoms with van der Waals surface area (Å²) in [6.45, 7) is 0.768. The first-order chi connectivity index (χ1) is 9.41. The molecule has 1 aromatic carbocycles. The molecule has 2 fully saturated rings. The summed E-state index contributed by atoms with van der Waals surface area (Å²) in [6, 6.07) is 3.93. The molecule has 4 nitrogen and oxygen atoms in total. The van der Waals surface area contributed by atoms with Crippen LogP contribution in [0.5, 0.6) is 0 Å². The first kappa shape index (κ1) is 17.0. The molecule has 2 N–H and O–H groups in total. The second kappa shape index (κ2) is 6.01. The number of sulfonamides is 1. The summed E-state index contributed by atoms with van der Waals surface area (Å²) in [7, 11) is -3.89. The molecule has 1 saturated carbocycles. The van der Waals surface area contributed by atoms with Crippen LogP contribution in [-0.2, 0) is 10.0 Å². The van der Waals surface area contributed by atoms with E-state index in [-0.39, 0.29) is 35.3 Å². The van der Waals surface area contributed by atoms with Crippen LogP contribution in [0.4, 0.5) is 4.39 Å². The van der Waals surface area contributed by atoms with E-state index < -0.39 is 20.7 Å². The van der Waals surface area contributed by atoms with E-state index in [1.807, 2.05) is 0 Å². The topological polar surface area (TPSA) is 63.4 Å². The highest BCUT2D eigenvalue weighted by Crippen LogP contribution is 2.40. The summed E-state index contributed by atoms with van der Waals surface area (Å²) >= 11 is 5.87. The number of nitrogens with zero attached hydrogens (tertiary/aromatic N) is 1. The first-order valence-electron chi connectivity index (χ1n) is 6.61. The molecule has 0 radical (unpaired) electrons. The SMILES string of the molecule is Cl.NC1CCC2CN(S(=O)(=O)c3c(F)cccc3Cl)CC12. The van der Waals surface area contributed by atoms with Gasteiger partial charge in [-0.25, -0.2) is 12.8 Å². The lowest BCUT2D eigenvalue weighted by Crippen LogP contribution is -2.34. The largest absolute Gasteiger partial charge is 0.327 e. The van der Waals surface area contributed by atoms with Crippen molar-refractivity contribution in [2.24, 2.45) is 17.6 Å². The van der Waals surface area contributed by atoms with E-state index in [0.717, 1.165) is 18.9 Å². The lowest BCUT2D eigenvalue weighted by molar-refractivity contribution is 0.424. The molecule has 0 aromatic heterocycles. The molecule has 0 spiro atoms. The fourth-order valence-corrected chi connectivity index (χ4v) is 5.42. The average Bonchev–Trinajstić information content (AvgIpc) is 2.92. The van der Waals surface area contributed by atoms with Crippen LogP contribution in [0.1, 0.15) is 12.8 Å². The maximum absolute atomic E-state index is 13.9. The molecule has 3 unspecified atom stereocenters. The van der Waals surface area contributed by atoms with E-state index in [1.165, 1.54) is 16.4 Å². The van der Waals surface area contributed by atoms with Gasteiger partial charge in [0, 0.05) is 19.1 Å². The Kier molecular flexibility index (Phi) is 4.85. The van der Waals surface area contributed by atoms with Crippen molar-refractivity contribution in [1.29, 1.82) is 0 Å². The predicted octanol–water partition coefficient (Wildman–Crippen LogP) is 2.26. The molecule has 2 aliphatic rings. The third-order valence-electron chi connectivity index (χ3n) is 4.40. The van der Waals surface area contributed by atoms with Gasteiger partial charge in [-0.15, -0.1) is 12.4 Å². The van der Waals surface area contributed by atoms with Crippen molar-refractivity contribution >= 4 is 34.0 Å². The van der Waals surface area contributed by atoms with Gasteiger partial charge in [0.25, 0.3) is 0 Å². The van der Waals surface area contributed by atoms with Crippen LogP contribution >= 0.6 is 24.0 Å². The van der Waals surface area contributed by atoms with Gasteiger partial charge in [-0.05, 0) is 36.8 Å². The Balaban J connectivity index is 0.00000161. The van der Waals surface area contributed by atoms with E-state index in [9.17, 15) is 12.8 Å². The van der Waals surface area contributed by atoms with Gasteiger partial charge in [-0.2, -0.15) is 4.31 Å². The Hall–Kier alpha value is -0.400. The highest BCUT2D eigenvalue weighted by atomic mass is 35.5. The van der Waals surface area contributed by atoms with Crippen molar-refractivity contribution in [3.05, 3.63) is 29.0 Å². The van der Waals surface area contributed by atoms with Crippen molar-refractivity contribution in [2.75, 3.05) is 13.1 Å². The molecule has 3 rings (SSSR count). The van der Waals surface area contributed by atoms with Crippen LogP contribution in [0.2, 0.25) is 5.02 Å². The van der Waals surface area contributed by atoms with Crippen molar-refractivity contribution in [3.8, 4) is 0 Å². The van der Waals surface area contributed by atoms with Gasteiger partial charge in [0.15, 0.2) is 0 Å². The highest BCUT2D eigenvalue weighted by Gasteiger charge is 2.45. The second-order valence-electron chi connectivity index (χ2n) is 5.54. The van der Waals surface area contributed by atoms with Crippen LogP contribution in [0.3, 0.4) is 0 Å². The highest BCUT2D eigenvalue weighted by molar-refractivity contribution is 7.89. The fourth-order valence-electron chi connectivity index (χ4n) is 3.32. The molecule has 1 aliphatic carbocycles. The maximum atomic E-state index is 13.9. The number of hydrogen-bond donors (Lipinski definition) is 1. The number of nitrogens with two attached hydrogens (primary N) is 1.